The fourth-order valence-corrected chi connectivity index (χ4v) is 1.01. The van der Waals surface area contributed by atoms with Crippen molar-refractivity contribution in [1.82, 2.24) is 9.97 Å². The maximum absolute atomic E-state index is 5.63. The van der Waals surface area contributed by atoms with E-state index in [1.807, 2.05) is 6.92 Å². The van der Waals surface area contributed by atoms with E-state index in [2.05, 4.69) is 15.3 Å². The van der Waals surface area contributed by atoms with Crippen molar-refractivity contribution < 1.29 is 0 Å². The third kappa shape index (κ3) is 1.53. The molecule has 1 aliphatic carbocycles. The molecule has 2 unspecified atom stereocenters. The predicted molar refractivity (Wildman–Crippen MR) is 46.8 cm³/mol. The molecule has 12 heavy (non-hydrogen) atoms. The summed E-state index contributed by atoms with van der Waals surface area (Å²) in [5, 5.41) is 3.15. The molecule has 0 bridgehead atoms. The second-order valence-corrected chi connectivity index (χ2v) is 3.23. The number of nitrogens with zero attached hydrogens (tertiary/aromatic N) is 2. The Morgan fingerprint density at radius 3 is 2.58 bits per heavy atom. The molecule has 0 aromatic carbocycles. The van der Waals surface area contributed by atoms with Crippen LogP contribution in [0.3, 0.4) is 0 Å². The zero-order chi connectivity index (χ0) is 8.55. The van der Waals surface area contributed by atoms with E-state index in [0.29, 0.717) is 12.0 Å². The zero-order valence-electron chi connectivity index (χ0n) is 6.99. The molecule has 1 heterocycles. The minimum absolute atomic E-state index is 0.287. The average Bonchev–Trinajstić information content (AvgIpc) is 2.72. The highest BCUT2D eigenvalue weighted by atomic mass is 15.1. The minimum atomic E-state index is 0.287. The maximum Gasteiger partial charge on any atom is 0.222 e. The van der Waals surface area contributed by atoms with Crippen LogP contribution in [0.25, 0.3) is 0 Å². The number of nitrogens with one attached hydrogen (secondary N) is 1. The highest BCUT2D eigenvalue weighted by Gasteiger charge is 2.33. The van der Waals surface area contributed by atoms with Crippen LogP contribution >= 0.6 is 0 Å². The minimum Gasteiger partial charge on any atom is -0.350 e. The summed E-state index contributed by atoms with van der Waals surface area (Å²) in [6.07, 6.45) is 4.61. The van der Waals surface area contributed by atoms with E-state index in [1.165, 1.54) is 0 Å². The second-order valence-electron chi connectivity index (χ2n) is 3.23. The molecule has 0 saturated heterocycles. The van der Waals surface area contributed by atoms with E-state index in [4.69, 9.17) is 5.73 Å². The van der Waals surface area contributed by atoms with Gasteiger partial charge in [-0.05, 0) is 18.9 Å². The van der Waals surface area contributed by atoms with Crippen LogP contribution in [0.15, 0.2) is 12.4 Å². The van der Waals surface area contributed by atoms with Crippen LogP contribution in [0.1, 0.15) is 12.0 Å². The average molecular weight is 164 g/mol. The first-order valence-electron chi connectivity index (χ1n) is 4.06. The largest absolute Gasteiger partial charge is 0.350 e. The van der Waals surface area contributed by atoms with Crippen LogP contribution in [-0.4, -0.2) is 22.1 Å². The Hall–Kier alpha value is -1.16. The summed E-state index contributed by atoms with van der Waals surface area (Å²) in [6.45, 7) is 1.96. The Bertz CT molecular complexity index is 269. The molecule has 0 amide bonds. The van der Waals surface area contributed by atoms with Crippen molar-refractivity contribution >= 4 is 5.95 Å². The molecular weight excluding hydrogens is 152 g/mol. The van der Waals surface area contributed by atoms with Gasteiger partial charge in [-0.3, -0.25) is 0 Å². The summed E-state index contributed by atoms with van der Waals surface area (Å²) < 4.78 is 0. The van der Waals surface area contributed by atoms with Gasteiger partial charge in [0.05, 0.1) is 0 Å². The van der Waals surface area contributed by atoms with Crippen molar-refractivity contribution in [2.24, 2.45) is 5.73 Å². The molecule has 0 aliphatic heterocycles. The Labute approximate surface area is 71.2 Å². The van der Waals surface area contributed by atoms with Crippen LogP contribution in [0.5, 0.6) is 0 Å². The zero-order valence-corrected chi connectivity index (χ0v) is 6.99. The first-order chi connectivity index (χ1) is 5.75. The number of rotatable bonds is 2. The molecule has 0 spiro atoms. The van der Waals surface area contributed by atoms with Crippen LogP contribution < -0.4 is 11.1 Å². The summed E-state index contributed by atoms with van der Waals surface area (Å²) in [5.41, 5.74) is 6.70. The van der Waals surface area contributed by atoms with E-state index in [1.54, 1.807) is 12.4 Å². The lowest BCUT2D eigenvalue weighted by Gasteiger charge is -2.01. The molecule has 2 rings (SSSR count). The van der Waals surface area contributed by atoms with Gasteiger partial charge in [-0.25, -0.2) is 9.97 Å². The van der Waals surface area contributed by atoms with Crippen molar-refractivity contribution in [3.8, 4) is 0 Å². The molecule has 4 nitrogen and oxygen atoms in total. The van der Waals surface area contributed by atoms with E-state index in [0.717, 1.165) is 12.0 Å². The molecule has 2 atom stereocenters. The molecule has 1 saturated carbocycles. The van der Waals surface area contributed by atoms with Gasteiger partial charge in [-0.15, -0.1) is 0 Å². The molecule has 1 fully saturated rings. The lowest BCUT2D eigenvalue weighted by molar-refractivity contribution is 0.974. The quantitative estimate of drug-likeness (QED) is 0.659. The van der Waals surface area contributed by atoms with Gasteiger partial charge < -0.3 is 11.1 Å². The van der Waals surface area contributed by atoms with Gasteiger partial charge in [0.25, 0.3) is 0 Å². The highest BCUT2D eigenvalue weighted by Crippen LogP contribution is 2.21. The summed E-state index contributed by atoms with van der Waals surface area (Å²) in [5.74, 6) is 0.679. The third-order valence-electron chi connectivity index (χ3n) is 1.94. The number of hydrogen-bond donors (Lipinski definition) is 2. The first kappa shape index (κ1) is 7.49. The van der Waals surface area contributed by atoms with Crippen molar-refractivity contribution in [2.75, 3.05) is 5.32 Å². The molecule has 64 valence electrons. The maximum atomic E-state index is 5.63. The van der Waals surface area contributed by atoms with Crippen molar-refractivity contribution in [1.29, 1.82) is 0 Å². The summed E-state index contributed by atoms with van der Waals surface area (Å²) in [7, 11) is 0. The SMILES string of the molecule is Cc1cnc(NC2CC2N)nc1. The molecule has 1 aromatic heterocycles. The Morgan fingerprint density at radius 1 is 1.50 bits per heavy atom. The summed E-state index contributed by atoms with van der Waals surface area (Å²) in [6, 6.07) is 0.669. The molecule has 0 radical (unpaired) electrons. The smallest absolute Gasteiger partial charge is 0.222 e. The van der Waals surface area contributed by atoms with Crippen LogP contribution in [0.4, 0.5) is 5.95 Å². The summed E-state index contributed by atoms with van der Waals surface area (Å²) >= 11 is 0. The Balaban J connectivity index is 2.00. The van der Waals surface area contributed by atoms with Gasteiger partial charge >= 0.3 is 0 Å². The molecule has 4 heteroatoms. The van der Waals surface area contributed by atoms with Gasteiger partial charge in [-0.2, -0.15) is 0 Å². The number of anilines is 1. The lowest BCUT2D eigenvalue weighted by Crippen LogP contribution is -2.14. The fourth-order valence-electron chi connectivity index (χ4n) is 1.01. The van der Waals surface area contributed by atoms with Crippen molar-refractivity contribution in [3.05, 3.63) is 18.0 Å². The van der Waals surface area contributed by atoms with Gasteiger partial charge in [0.1, 0.15) is 0 Å². The highest BCUT2D eigenvalue weighted by molar-refractivity contribution is 5.30. The van der Waals surface area contributed by atoms with Crippen molar-refractivity contribution in [2.45, 2.75) is 25.4 Å². The molecule has 1 aliphatic rings. The Kier molecular flexibility index (Phi) is 1.69. The van der Waals surface area contributed by atoms with E-state index >= 15 is 0 Å². The monoisotopic (exact) mass is 164 g/mol. The second kappa shape index (κ2) is 2.71. The molecule has 3 N–H and O–H groups in total. The van der Waals surface area contributed by atoms with E-state index < -0.39 is 0 Å². The van der Waals surface area contributed by atoms with Gasteiger partial charge in [0.2, 0.25) is 5.95 Å². The standard InChI is InChI=1S/C8H12N4/c1-5-3-10-8(11-4-5)12-7-2-6(7)9/h3-4,6-7H,2,9H2,1H3,(H,10,11,12). The van der Waals surface area contributed by atoms with E-state index in [-0.39, 0.29) is 6.04 Å². The van der Waals surface area contributed by atoms with Crippen LogP contribution in [0.2, 0.25) is 0 Å². The molecule has 1 aromatic rings. The number of aryl methyl sites for hydroxylation is 1. The van der Waals surface area contributed by atoms with Gasteiger partial charge in [0, 0.05) is 24.5 Å². The van der Waals surface area contributed by atoms with Crippen LogP contribution in [-0.2, 0) is 0 Å². The fraction of sp³-hybridized carbons (Fsp3) is 0.500. The van der Waals surface area contributed by atoms with Gasteiger partial charge in [-0.1, -0.05) is 0 Å². The lowest BCUT2D eigenvalue weighted by atomic mass is 10.4. The predicted octanol–water partition coefficient (Wildman–Crippen LogP) is 0.297. The topological polar surface area (TPSA) is 63.8 Å². The van der Waals surface area contributed by atoms with Gasteiger partial charge in [0.15, 0.2) is 0 Å². The third-order valence-corrected chi connectivity index (χ3v) is 1.94. The normalized spacial score (nSPS) is 26.8. The number of hydrogen-bond acceptors (Lipinski definition) is 4. The molecular formula is C8H12N4. The Morgan fingerprint density at radius 2 is 2.08 bits per heavy atom. The number of nitrogens with two attached hydrogens (primary N) is 1. The number of aromatic nitrogens is 2. The van der Waals surface area contributed by atoms with Crippen molar-refractivity contribution in [3.63, 3.8) is 0 Å². The summed E-state index contributed by atoms with van der Waals surface area (Å²) in [4.78, 5) is 8.23. The van der Waals surface area contributed by atoms with E-state index in [9.17, 15) is 0 Å². The first-order valence-corrected chi connectivity index (χ1v) is 4.06. The van der Waals surface area contributed by atoms with Crippen LogP contribution in [0, 0.1) is 6.92 Å².